The highest BCUT2D eigenvalue weighted by Gasteiger charge is 2.75. The summed E-state index contributed by atoms with van der Waals surface area (Å²) in [6, 6.07) is 8.35. The van der Waals surface area contributed by atoms with Crippen LogP contribution in [0.3, 0.4) is 0 Å². The third-order valence-electron chi connectivity index (χ3n) is 11.6. The molecule has 21 atom stereocenters. The third-order valence-corrected chi connectivity index (χ3v) is 81.2. The van der Waals surface area contributed by atoms with Gasteiger partial charge in [0.25, 0.3) is 0 Å². The van der Waals surface area contributed by atoms with Crippen LogP contribution in [-0.2, 0) is 28.1 Å². The molecule has 2 bridgehead atoms. The number of ether oxygens (including phenoxy) is 2. The molecule has 12 unspecified atom stereocenters. The first-order valence-corrected chi connectivity index (χ1v) is 46.8. The molecule has 1 aromatic rings. The Balaban J connectivity index is 2.23. The smallest absolute Gasteiger partial charge is 0.338 e. The summed E-state index contributed by atoms with van der Waals surface area (Å²) < 4.78 is 27.5. The highest BCUT2D eigenvalue weighted by atomic mass is 33.1. The van der Waals surface area contributed by atoms with Crippen molar-refractivity contribution in [2.75, 3.05) is 6.61 Å². The Morgan fingerprint density at radius 2 is 1.49 bits per heavy atom. The number of ketones is 1. The molecule has 0 spiro atoms. The molecule has 27 heteroatoms. The highest BCUT2D eigenvalue weighted by Crippen LogP contribution is 3.09. The number of fused-ring (bicyclic) bond motifs is 3. The average Bonchev–Trinajstić information content (AvgIpc) is 3.12. The van der Waals surface area contributed by atoms with Crippen LogP contribution in [0.15, 0.2) is 41.5 Å². The predicted octanol–water partition coefficient (Wildman–Crippen LogP) is 11.8. The summed E-state index contributed by atoms with van der Waals surface area (Å²) in [5.41, 5.74) is -5.87. The van der Waals surface area contributed by atoms with E-state index >= 15 is 4.79 Å². The molecule has 0 heterocycles. The van der Waals surface area contributed by atoms with Crippen molar-refractivity contribution in [2.24, 2.45) is 22.7 Å². The minimum Gasteiger partial charge on any atom is -0.456 e. The van der Waals surface area contributed by atoms with Crippen molar-refractivity contribution in [1.82, 2.24) is 0 Å². The zero-order valence-electron chi connectivity index (χ0n) is 32.5. The minimum atomic E-state index is -2.09. The van der Waals surface area contributed by atoms with Crippen LogP contribution in [0.4, 0.5) is 0 Å². The van der Waals surface area contributed by atoms with Crippen LogP contribution in [-0.4, -0.2) is 75.3 Å². The van der Waals surface area contributed by atoms with Crippen molar-refractivity contribution in [1.29, 1.82) is 0 Å². The van der Waals surface area contributed by atoms with Gasteiger partial charge in [0.2, 0.25) is 0 Å². The molecule has 10 nitrogen and oxygen atoms in total. The Bertz CT molecular complexity index is 1650. The normalized spacial score (nSPS) is 34.2. The maximum absolute atomic E-state index is 16.5. The molecule has 1 aromatic carbocycles. The molecule has 0 amide bonds. The minimum absolute atomic E-state index is 0.201. The lowest BCUT2D eigenvalue weighted by molar-refractivity contribution is -0.276. The first-order valence-electron chi connectivity index (χ1n) is 17.5. The molecule has 3 aliphatic carbocycles. The summed E-state index contributed by atoms with van der Waals surface area (Å²) in [4.78, 5) is 44.2. The number of rotatable bonds is 14. The summed E-state index contributed by atoms with van der Waals surface area (Å²) >= 11 is 0. The van der Waals surface area contributed by atoms with E-state index in [9.17, 15) is 24.9 Å². The quantitative estimate of drug-likeness (QED) is 0.0934. The van der Waals surface area contributed by atoms with Crippen LogP contribution < -0.4 is 0 Å². The molecule has 0 saturated heterocycles. The van der Waals surface area contributed by atoms with E-state index in [1.807, 2.05) is 6.92 Å². The number of carbonyl (C=O) groups excluding carboxylic acids is 3. The number of aliphatic hydroxyl groups excluding tert-OH is 2. The van der Waals surface area contributed by atoms with E-state index in [0.717, 1.165) is 0 Å². The van der Waals surface area contributed by atoms with Crippen molar-refractivity contribution in [3.05, 3.63) is 47.0 Å². The largest absolute Gasteiger partial charge is 0.456 e. The fraction of sp³-hybridized carbons (Fsp3) is 0.633. The lowest BCUT2D eigenvalue weighted by Gasteiger charge is -2.65. The number of benzene rings is 1. The number of hydrogen-bond donors (Lipinski definition) is 3. The Hall–Kier alpha value is 4.68. The van der Waals surface area contributed by atoms with Crippen molar-refractivity contribution in [3.63, 3.8) is 0 Å². The number of Topliss-reactive ketones (excluding diaryl/α,β-unsaturated/α-hetero) is 1. The van der Waals surface area contributed by atoms with Crippen LogP contribution in [0.25, 0.3) is 0 Å². The van der Waals surface area contributed by atoms with Crippen LogP contribution >= 0.6 is 138 Å². The second-order valence-electron chi connectivity index (χ2n) is 15.0. The number of aliphatic hydroxyl groups is 3. The van der Waals surface area contributed by atoms with Gasteiger partial charge in [0.1, 0.15) is 23.4 Å². The van der Waals surface area contributed by atoms with Crippen molar-refractivity contribution in [2.45, 2.75) is 90.0 Å². The van der Waals surface area contributed by atoms with E-state index in [2.05, 4.69) is 80.4 Å². The van der Waals surface area contributed by atoms with Gasteiger partial charge < -0.3 is 33.8 Å². The Kier molecular flexibility index (Phi) is 21.1. The molecular formula is C30H57O10P17. The third kappa shape index (κ3) is 10.9. The Morgan fingerprint density at radius 1 is 0.930 bits per heavy atom. The van der Waals surface area contributed by atoms with E-state index < -0.39 is 133 Å². The van der Waals surface area contributed by atoms with Gasteiger partial charge in [-0.05, 0) is 71.5 Å². The SMILES string of the molecule is CC(=O)O[C@@]1(CO)[C@H](C)C[C@H](OP(P(P)P)P(P)P)[C@@]2(C)C(=O)[C@H](OP(P(P)P)P(PP)P(P)P)C3=C(C)[C@@H](O)C[C@@](O)([C@@H](OC(=O)c4ccccc4)[C@H]12)C3(C)C. The van der Waals surface area contributed by atoms with E-state index in [-0.39, 0.29) is 18.4 Å². The molecule has 57 heavy (non-hydrogen) atoms. The topological polar surface area (TPSA) is 149 Å². The number of carbonyl (C=O) groups is 3. The van der Waals surface area contributed by atoms with Crippen LogP contribution in [0, 0.1) is 22.7 Å². The zero-order chi connectivity index (χ0) is 43.2. The van der Waals surface area contributed by atoms with Crippen LogP contribution in [0.2, 0.25) is 0 Å². The number of hydrogen-bond acceptors (Lipinski definition) is 10. The molecular weight excluding hydrogens is 1050 g/mol. The van der Waals surface area contributed by atoms with Crippen molar-refractivity contribution >= 4 is 156 Å². The van der Waals surface area contributed by atoms with Crippen molar-refractivity contribution in [3.8, 4) is 0 Å². The van der Waals surface area contributed by atoms with Gasteiger partial charge in [0.05, 0.1) is 50.8 Å². The summed E-state index contributed by atoms with van der Waals surface area (Å²) in [6.45, 7) is 5.65. The second-order valence-corrected chi connectivity index (χ2v) is 73.1. The molecule has 0 aliphatic heterocycles. The first-order chi connectivity index (χ1) is 26.4. The van der Waals surface area contributed by atoms with E-state index in [0.29, 0.717) is 19.1 Å². The standard InChI is InChI=1S/C30H57O10P17/c1-15-12-20(39-51(53(42)43)54(44)45)28(6)23(29(15,14-31)38-17(3)32)25(37-26(35)18-10-8-7-9-11-18)30(36)13-19(33)16(2)21(27(30,4)5)22(24(28)34)40-52(55(46)47)57(50-41)56(48)49/h7-11,15,19-20,22-23,25,31,33,36,50H,12-14,41-49H2,1-6H3/t15-,19+,20+,22-,23+,25+,28-,29+,30-,52?,57?/m1/s1. The van der Waals surface area contributed by atoms with E-state index in [1.54, 1.807) is 58.0 Å². The first kappa shape index (κ1) is 54.3. The maximum atomic E-state index is 16.5. The summed E-state index contributed by atoms with van der Waals surface area (Å²) in [5.74, 6) is -3.91. The summed E-state index contributed by atoms with van der Waals surface area (Å²) in [6.07, 6.45) is -5.05. The van der Waals surface area contributed by atoms with Gasteiger partial charge in [-0.15, -0.1) is 80.4 Å². The molecule has 0 aromatic heterocycles. The van der Waals surface area contributed by atoms with E-state index in [4.69, 9.17) is 18.5 Å². The fourth-order valence-corrected chi connectivity index (χ4v) is 108. The monoisotopic (exact) mass is 1100 g/mol. The highest BCUT2D eigenvalue weighted by molar-refractivity contribution is 9.10. The van der Waals surface area contributed by atoms with Gasteiger partial charge in [-0.1, -0.05) is 46.9 Å². The maximum Gasteiger partial charge on any atom is 0.338 e. The Morgan fingerprint density at radius 3 is 1.96 bits per heavy atom. The molecule has 322 valence electrons. The second kappa shape index (κ2) is 22.2. The molecule has 0 radical (unpaired) electrons. The summed E-state index contributed by atoms with van der Waals surface area (Å²) in [5, 5.41) is 37.4. The number of esters is 2. The van der Waals surface area contributed by atoms with Gasteiger partial charge in [-0.3, -0.25) is 9.59 Å². The van der Waals surface area contributed by atoms with Crippen molar-refractivity contribution < 1.29 is 48.2 Å². The molecule has 4 rings (SSSR count). The molecule has 3 aliphatic rings. The van der Waals surface area contributed by atoms with Gasteiger partial charge in [-0.2, -0.15) is 0 Å². The van der Waals surface area contributed by atoms with Gasteiger partial charge >= 0.3 is 11.9 Å². The van der Waals surface area contributed by atoms with Crippen LogP contribution in [0.5, 0.6) is 0 Å². The van der Waals surface area contributed by atoms with Gasteiger partial charge in [-0.25, -0.2) is 4.79 Å². The van der Waals surface area contributed by atoms with Crippen LogP contribution in [0.1, 0.15) is 64.7 Å². The zero-order valence-corrected chi connectivity index (χ0v) is 50.2. The predicted molar refractivity (Wildman–Crippen MR) is 284 cm³/mol. The van der Waals surface area contributed by atoms with E-state index in [1.165, 1.54) is 6.92 Å². The fourth-order valence-electron chi connectivity index (χ4n) is 8.70. The van der Waals surface area contributed by atoms with Gasteiger partial charge in [0, 0.05) is 31.7 Å². The molecule has 3 N–H and O–H groups in total. The molecule has 2 saturated carbocycles. The summed E-state index contributed by atoms with van der Waals surface area (Å²) in [7, 11) is 24.1. The average molecular weight is 1100 g/mol. The van der Waals surface area contributed by atoms with Gasteiger partial charge in [0.15, 0.2) is 5.78 Å². The molecule has 2 fully saturated rings. The lowest BCUT2D eigenvalue weighted by atomic mass is 9.44. The Labute approximate surface area is 368 Å². The lowest BCUT2D eigenvalue weighted by Crippen LogP contribution is -2.77.